The summed E-state index contributed by atoms with van der Waals surface area (Å²) in [5, 5.41) is 18.3. The Bertz CT molecular complexity index is 801. The number of benzene rings is 1. The van der Waals surface area contributed by atoms with E-state index >= 15 is 0 Å². The smallest absolute Gasteiger partial charge is 0.319 e. The van der Waals surface area contributed by atoms with Crippen LogP contribution in [0.2, 0.25) is 0 Å². The molecule has 5 nitrogen and oxygen atoms in total. The van der Waals surface area contributed by atoms with Gasteiger partial charge in [-0.2, -0.15) is 0 Å². The summed E-state index contributed by atoms with van der Waals surface area (Å²) >= 11 is 4.68. The molecule has 0 atom stereocenters. The molecule has 0 unspecified atom stereocenters. The van der Waals surface area contributed by atoms with E-state index in [0.29, 0.717) is 9.89 Å². The predicted octanol–water partition coefficient (Wildman–Crippen LogP) is 4.17. The van der Waals surface area contributed by atoms with Gasteiger partial charge in [0.2, 0.25) is 4.73 Å². The second-order valence-electron chi connectivity index (χ2n) is 6.57. The van der Waals surface area contributed by atoms with Gasteiger partial charge in [-0.05, 0) is 85.1 Å². The molecule has 0 amide bonds. The molecule has 1 aromatic carbocycles. The highest BCUT2D eigenvalue weighted by Gasteiger charge is 2.32. The summed E-state index contributed by atoms with van der Waals surface area (Å²) in [6.45, 7) is 5.51. The van der Waals surface area contributed by atoms with Crippen LogP contribution in [0.5, 0.6) is 0 Å². The topological polar surface area (TPSA) is 68.0 Å². The molecule has 128 valence electrons. The van der Waals surface area contributed by atoms with E-state index in [4.69, 9.17) is 0 Å². The van der Waals surface area contributed by atoms with Crippen LogP contribution in [-0.2, 0) is 17.6 Å². The first-order valence-electron chi connectivity index (χ1n) is 7.96. The molecule has 1 aromatic heterocycles. The third-order valence-corrected chi connectivity index (χ3v) is 6.09. The molecular formula is C17H20BrN3O2S. The van der Waals surface area contributed by atoms with E-state index in [9.17, 15) is 9.90 Å². The lowest BCUT2D eigenvalue weighted by Gasteiger charge is -2.24. The zero-order valence-corrected chi connectivity index (χ0v) is 16.4. The average molecular weight is 410 g/mol. The summed E-state index contributed by atoms with van der Waals surface area (Å²) in [4.78, 5) is 11.5. The molecule has 1 aliphatic carbocycles. The Labute approximate surface area is 154 Å². The molecule has 2 aromatic rings. The third-order valence-electron chi connectivity index (χ3n) is 4.44. The Morgan fingerprint density at radius 3 is 2.58 bits per heavy atom. The predicted molar refractivity (Wildman–Crippen MR) is 98.0 cm³/mol. The molecule has 0 spiro atoms. The lowest BCUT2D eigenvalue weighted by Crippen LogP contribution is -2.27. The maximum absolute atomic E-state index is 11.5. The van der Waals surface area contributed by atoms with Gasteiger partial charge < -0.3 is 5.11 Å². The highest BCUT2D eigenvalue weighted by molar-refractivity contribution is 9.10. The standard InChI is InChI=1S/C17H20BrN3O2S/c1-10-8-9-13(12-7-5-4-6-11(10)12)21-15(18)19-20-16(21)24-17(2,3)14(22)23/h8-9H,4-7H2,1-3H3,(H,22,23). The molecule has 0 aliphatic heterocycles. The number of hydrogen-bond donors (Lipinski definition) is 1. The summed E-state index contributed by atoms with van der Waals surface area (Å²) in [7, 11) is 0. The van der Waals surface area contributed by atoms with Crippen LogP contribution in [0.3, 0.4) is 0 Å². The number of thioether (sulfide) groups is 1. The molecule has 0 bridgehead atoms. The Morgan fingerprint density at radius 1 is 1.25 bits per heavy atom. The largest absolute Gasteiger partial charge is 0.480 e. The molecule has 3 rings (SSSR count). The SMILES string of the molecule is Cc1ccc(-n2c(Br)nnc2SC(C)(C)C(=O)O)c2c1CCCC2. The summed E-state index contributed by atoms with van der Waals surface area (Å²) in [5.74, 6) is -0.871. The fraction of sp³-hybridized carbons (Fsp3) is 0.471. The molecule has 1 N–H and O–H groups in total. The second-order valence-corrected chi connectivity index (χ2v) is 8.87. The molecule has 0 fully saturated rings. The molecular weight excluding hydrogens is 390 g/mol. The van der Waals surface area contributed by atoms with Crippen LogP contribution in [-0.4, -0.2) is 30.6 Å². The minimum Gasteiger partial charge on any atom is -0.480 e. The van der Waals surface area contributed by atoms with E-state index in [0.717, 1.165) is 18.5 Å². The number of aryl methyl sites for hydroxylation is 1. The molecule has 0 radical (unpaired) electrons. The number of rotatable bonds is 4. The maximum atomic E-state index is 11.5. The lowest BCUT2D eigenvalue weighted by atomic mass is 9.87. The summed E-state index contributed by atoms with van der Waals surface area (Å²) in [6, 6.07) is 4.22. The number of carboxylic acids is 1. The van der Waals surface area contributed by atoms with Crippen molar-refractivity contribution in [1.82, 2.24) is 14.8 Å². The molecule has 0 saturated heterocycles. The van der Waals surface area contributed by atoms with Gasteiger partial charge in [0.1, 0.15) is 4.75 Å². The Morgan fingerprint density at radius 2 is 1.92 bits per heavy atom. The number of halogens is 1. The van der Waals surface area contributed by atoms with Crippen LogP contribution in [0.15, 0.2) is 22.0 Å². The molecule has 1 heterocycles. The number of aliphatic carboxylic acids is 1. The van der Waals surface area contributed by atoms with Crippen LogP contribution in [0.25, 0.3) is 5.69 Å². The van der Waals surface area contributed by atoms with E-state index in [2.05, 4.69) is 45.2 Å². The maximum Gasteiger partial charge on any atom is 0.319 e. The van der Waals surface area contributed by atoms with Crippen molar-refractivity contribution in [2.24, 2.45) is 0 Å². The van der Waals surface area contributed by atoms with Crippen LogP contribution in [0, 0.1) is 6.92 Å². The van der Waals surface area contributed by atoms with Gasteiger partial charge in [0.25, 0.3) is 0 Å². The van der Waals surface area contributed by atoms with E-state index in [1.807, 2.05) is 4.57 Å². The fourth-order valence-corrected chi connectivity index (χ4v) is 4.49. The van der Waals surface area contributed by atoms with Gasteiger partial charge in [-0.3, -0.25) is 9.36 Å². The van der Waals surface area contributed by atoms with Crippen molar-refractivity contribution in [3.63, 3.8) is 0 Å². The van der Waals surface area contributed by atoms with Gasteiger partial charge in [0.15, 0.2) is 5.16 Å². The van der Waals surface area contributed by atoms with Crippen LogP contribution >= 0.6 is 27.7 Å². The number of fused-ring (bicyclic) bond motifs is 1. The van der Waals surface area contributed by atoms with Crippen molar-refractivity contribution in [1.29, 1.82) is 0 Å². The van der Waals surface area contributed by atoms with Gasteiger partial charge in [-0.15, -0.1) is 10.2 Å². The van der Waals surface area contributed by atoms with Gasteiger partial charge in [-0.25, -0.2) is 0 Å². The zero-order valence-electron chi connectivity index (χ0n) is 14.0. The van der Waals surface area contributed by atoms with Gasteiger partial charge in [0.05, 0.1) is 5.69 Å². The minimum atomic E-state index is -0.977. The molecule has 7 heteroatoms. The van der Waals surface area contributed by atoms with E-state index < -0.39 is 10.7 Å². The Kier molecular flexibility index (Phi) is 4.75. The van der Waals surface area contributed by atoms with Gasteiger partial charge in [-0.1, -0.05) is 17.8 Å². The van der Waals surface area contributed by atoms with Crippen molar-refractivity contribution in [3.8, 4) is 5.69 Å². The Hall–Kier alpha value is -1.34. The first-order chi connectivity index (χ1) is 11.3. The monoisotopic (exact) mass is 409 g/mol. The number of nitrogens with zero attached hydrogens (tertiary/aromatic N) is 3. The van der Waals surface area contributed by atoms with Crippen molar-refractivity contribution in [2.45, 2.75) is 56.4 Å². The van der Waals surface area contributed by atoms with Crippen LogP contribution in [0.4, 0.5) is 0 Å². The summed E-state index contributed by atoms with van der Waals surface area (Å²) in [6.07, 6.45) is 4.52. The summed E-state index contributed by atoms with van der Waals surface area (Å²) in [5.41, 5.74) is 5.11. The third kappa shape index (κ3) is 3.11. The molecule has 0 saturated carbocycles. The van der Waals surface area contributed by atoms with E-state index in [1.54, 1.807) is 13.8 Å². The van der Waals surface area contributed by atoms with Crippen LogP contribution < -0.4 is 0 Å². The van der Waals surface area contributed by atoms with E-state index in [1.165, 1.54) is 41.3 Å². The van der Waals surface area contributed by atoms with E-state index in [-0.39, 0.29) is 0 Å². The number of carbonyl (C=O) groups is 1. The highest BCUT2D eigenvalue weighted by Crippen LogP contribution is 2.37. The lowest BCUT2D eigenvalue weighted by molar-refractivity contribution is -0.138. The first-order valence-corrected chi connectivity index (χ1v) is 9.57. The van der Waals surface area contributed by atoms with Crippen molar-refractivity contribution in [3.05, 3.63) is 33.6 Å². The Balaban J connectivity index is 2.12. The number of hydrogen-bond acceptors (Lipinski definition) is 4. The normalized spacial score (nSPS) is 14.5. The average Bonchev–Trinajstić information content (AvgIpc) is 2.88. The quantitative estimate of drug-likeness (QED) is 0.767. The highest BCUT2D eigenvalue weighted by atomic mass is 79.9. The zero-order chi connectivity index (χ0) is 17.5. The minimum absolute atomic E-state index is 0.589. The molecule has 24 heavy (non-hydrogen) atoms. The molecule has 1 aliphatic rings. The van der Waals surface area contributed by atoms with Crippen LogP contribution in [0.1, 0.15) is 43.4 Å². The number of carboxylic acid groups (broad SMARTS) is 1. The van der Waals surface area contributed by atoms with Crippen molar-refractivity contribution in [2.75, 3.05) is 0 Å². The van der Waals surface area contributed by atoms with Crippen molar-refractivity contribution >= 4 is 33.7 Å². The summed E-state index contributed by atoms with van der Waals surface area (Å²) < 4.78 is 1.55. The van der Waals surface area contributed by atoms with Crippen molar-refractivity contribution < 1.29 is 9.90 Å². The second kappa shape index (κ2) is 6.52. The van der Waals surface area contributed by atoms with Gasteiger partial charge >= 0.3 is 5.97 Å². The first kappa shape index (κ1) is 17.5. The fourth-order valence-electron chi connectivity index (χ4n) is 3.03. The number of aromatic nitrogens is 3. The van der Waals surface area contributed by atoms with Gasteiger partial charge in [0, 0.05) is 0 Å².